The average molecular weight is 265 g/mol. The number of ketones is 2. The minimum Gasteiger partial charge on any atom is -0.370 e. The molecule has 0 aromatic heterocycles. The van der Waals surface area contributed by atoms with Crippen molar-refractivity contribution in [2.75, 3.05) is 0 Å². The molecule has 4 nitrogen and oxygen atoms in total. The molecule has 19 heavy (non-hydrogen) atoms. The topological polar surface area (TPSA) is 77.2 Å². The number of carbonyl (C=O) groups is 3. The first-order chi connectivity index (χ1) is 8.86. The Morgan fingerprint density at radius 2 is 1.21 bits per heavy atom. The lowest BCUT2D eigenvalue weighted by Gasteiger charge is -2.09. The lowest BCUT2D eigenvalue weighted by Crippen LogP contribution is -2.16. The van der Waals surface area contributed by atoms with Crippen LogP contribution in [-0.2, 0) is 14.4 Å². The summed E-state index contributed by atoms with van der Waals surface area (Å²) in [5.74, 6) is -1.11. The van der Waals surface area contributed by atoms with E-state index >= 15 is 0 Å². The van der Waals surface area contributed by atoms with Crippen LogP contribution in [0.25, 0.3) is 0 Å². The molecule has 0 radical (unpaired) electrons. The normalized spacial score (nSPS) is 8.53. The molecule has 1 amide bonds. The van der Waals surface area contributed by atoms with Crippen LogP contribution in [0.3, 0.4) is 0 Å². The Kier molecular flexibility index (Phi) is 11.4. The molecule has 0 aliphatic carbocycles. The number of hydrogen-bond donors (Lipinski definition) is 1. The van der Waals surface area contributed by atoms with E-state index in [1.807, 2.05) is 32.0 Å². The number of amides is 1. The van der Waals surface area contributed by atoms with Crippen molar-refractivity contribution in [2.24, 2.45) is 5.73 Å². The third kappa shape index (κ3) is 9.71. The zero-order chi connectivity index (χ0) is 15.4. The van der Waals surface area contributed by atoms with Crippen molar-refractivity contribution < 1.29 is 14.4 Å². The van der Waals surface area contributed by atoms with E-state index in [-0.39, 0.29) is 17.5 Å². The minimum absolute atomic E-state index is 0.0984. The second-order valence-corrected chi connectivity index (χ2v) is 3.68. The van der Waals surface area contributed by atoms with Gasteiger partial charge in [0.2, 0.25) is 5.91 Å². The van der Waals surface area contributed by atoms with E-state index in [1.54, 1.807) is 12.1 Å². The maximum Gasteiger partial charge on any atom is 0.214 e. The summed E-state index contributed by atoms with van der Waals surface area (Å²) in [6.45, 7) is 8.19. The van der Waals surface area contributed by atoms with Crippen LogP contribution in [0.1, 0.15) is 46.1 Å². The second-order valence-electron chi connectivity index (χ2n) is 3.68. The van der Waals surface area contributed by atoms with Crippen LogP contribution < -0.4 is 5.73 Å². The number of carbonyl (C=O) groups excluding carboxylic acids is 3. The van der Waals surface area contributed by atoms with Gasteiger partial charge < -0.3 is 5.73 Å². The summed E-state index contributed by atoms with van der Waals surface area (Å²) in [5.41, 5.74) is 5.25. The van der Waals surface area contributed by atoms with Crippen molar-refractivity contribution in [1.29, 1.82) is 0 Å². The molecule has 1 aromatic carbocycles. The number of benzene rings is 1. The molecule has 0 aliphatic heterocycles. The summed E-state index contributed by atoms with van der Waals surface area (Å²) in [7, 11) is 0. The summed E-state index contributed by atoms with van der Waals surface area (Å²) >= 11 is 0. The summed E-state index contributed by atoms with van der Waals surface area (Å²) in [6.07, 6.45) is 0. The van der Waals surface area contributed by atoms with Crippen LogP contribution in [0.15, 0.2) is 30.3 Å². The third-order valence-electron chi connectivity index (χ3n) is 1.95. The maximum absolute atomic E-state index is 11.2. The molecule has 0 spiro atoms. The van der Waals surface area contributed by atoms with Gasteiger partial charge in [-0.25, -0.2) is 0 Å². The van der Waals surface area contributed by atoms with Crippen molar-refractivity contribution >= 4 is 17.5 Å². The second kappa shape index (κ2) is 11.1. The quantitative estimate of drug-likeness (QED) is 0.853. The van der Waals surface area contributed by atoms with Crippen LogP contribution in [0.5, 0.6) is 0 Å². The Labute approximate surface area is 115 Å². The fraction of sp³-hybridized carbons (Fsp3) is 0.400. The van der Waals surface area contributed by atoms with Crippen molar-refractivity contribution in [3.8, 4) is 0 Å². The van der Waals surface area contributed by atoms with Crippen LogP contribution >= 0.6 is 0 Å². The van der Waals surface area contributed by atoms with Gasteiger partial charge in [0.15, 0.2) is 0 Å². The van der Waals surface area contributed by atoms with Gasteiger partial charge in [-0.05, 0) is 19.4 Å². The number of primary amides is 1. The number of Topliss-reactive ketones (excluding diaryl/α,β-unsaturated/α-hetero) is 2. The third-order valence-corrected chi connectivity index (χ3v) is 1.95. The predicted molar refractivity (Wildman–Crippen MR) is 76.8 cm³/mol. The molecule has 4 heteroatoms. The van der Waals surface area contributed by atoms with Gasteiger partial charge in [0, 0.05) is 6.92 Å². The van der Waals surface area contributed by atoms with Crippen LogP contribution in [0.4, 0.5) is 0 Å². The Morgan fingerprint density at radius 3 is 1.47 bits per heavy atom. The average Bonchev–Trinajstić information content (AvgIpc) is 2.31. The summed E-state index contributed by atoms with van der Waals surface area (Å²) in [4.78, 5) is 31.6. The van der Waals surface area contributed by atoms with Gasteiger partial charge in [0.1, 0.15) is 17.5 Å². The Morgan fingerprint density at radius 1 is 0.895 bits per heavy atom. The van der Waals surface area contributed by atoms with E-state index in [4.69, 9.17) is 0 Å². The molecule has 0 heterocycles. The van der Waals surface area contributed by atoms with E-state index in [9.17, 15) is 14.4 Å². The van der Waals surface area contributed by atoms with E-state index in [0.29, 0.717) is 0 Å². The first kappa shape index (κ1) is 19.4. The van der Waals surface area contributed by atoms with Crippen molar-refractivity contribution in [3.05, 3.63) is 35.9 Å². The number of hydrogen-bond acceptors (Lipinski definition) is 3. The first-order valence-corrected chi connectivity index (χ1v) is 6.18. The molecule has 0 saturated heterocycles. The minimum atomic E-state index is -0.582. The molecule has 0 fully saturated rings. The lowest BCUT2D eigenvalue weighted by molar-refractivity contribution is -0.127. The molecule has 0 atom stereocenters. The van der Waals surface area contributed by atoms with Crippen LogP contribution in [0.2, 0.25) is 0 Å². The number of rotatable bonds is 3. The van der Waals surface area contributed by atoms with Gasteiger partial charge in [-0.3, -0.25) is 14.4 Å². The molecule has 2 N–H and O–H groups in total. The van der Waals surface area contributed by atoms with Crippen molar-refractivity contribution in [2.45, 2.75) is 40.5 Å². The fourth-order valence-corrected chi connectivity index (χ4v) is 1.40. The smallest absolute Gasteiger partial charge is 0.214 e. The van der Waals surface area contributed by atoms with Crippen molar-refractivity contribution in [3.63, 3.8) is 0 Å². The Bertz CT molecular complexity index is 381. The van der Waals surface area contributed by atoms with E-state index < -0.39 is 5.92 Å². The monoisotopic (exact) mass is 265 g/mol. The van der Waals surface area contributed by atoms with Crippen LogP contribution in [-0.4, -0.2) is 17.5 Å². The van der Waals surface area contributed by atoms with Gasteiger partial charge in [0.05, 0.1) is 0 Å². The van der Waals surface area contributed by atoms with Gasteiger partial charge in [-0.1, -0.05) is 44.2 Å². The van der Waals surface area contributed by atoms with Gasteiger partial charge in [0.25, 0.3) is 0 Å². The highest BCUT2D eigenvalue weighted by Gasteiger charge is 2.20. The first-order valence-electron chi connectivity index (χ1n) is 6.18. The zero-order valence-electron chi connectivity index (χ0n) is 12.3. The van der Waals surface area contributed by atoms with Crippen LogP contribution in [0, 0.1) is 0 Å². The predicted octanol–water partition coefficient (Wildman–Crippen LogP) is 2.47. The summed E-state index contributed by atoms with van der Waals surface area (Å²) in [5, 5.41) is 0. The largest absolute Gasteiger partial charge is 0.370 e. The summed E-state index contributed by atoms with van der Waals surface area (Å²) in [6, 6.07) is 9.12. The molecule has 1 rings (SSSR count). The molecular formula is C15H23NO3. The molecule has 1 aromatic rings. The fourth-order valence-electron chi connectivity index (χ4n) is 1.40. The summed E-state index contributed by atoms with van der Waals surface area (Å²) < 4.78 is 0. The van der Waals surface area contributed by atoms with Gasteiger partial charge in [-0.2, -0.15) is 0 Å². The highest BCUT2D eigenvalue weighted by atomic mass is 16.2. The van der Waals surface area contributed by atoms with E-state index in [2.05, 4.69) is 5.73 Å². The van der Waals surface area contributed by atoms with Gasteiger partial charge in [-0.15, -0.1) is 0 Å². The molecular weight excluding hydrogens is 242 g/mol. The molecule has 0 unspecified atom stereocenters. The molecule has 0 saturated carbocycles. The molecule has 0 bridgehead atoms. The van der Waals surface area contributed by atoms with Crippen molar-refractivity contribution in [1.82, 2.24) is 0 Å². The number of nitrogens with two attached hydrogens (primary N) is 1. The molecule has 106 valence electrons. The standard InChI is InChI=1S/C11H12O2.C2H5NO.C2H6/c1-8(12)11(9(2)13)10-6-4-3-5-7-10;1-2(3)4;1-2/h3-7,11H,1-2H3;1H3,(H2,3,4);1-2H3. The van der Waals surface area contributed by atoms with E-state index in [1.165, 1.54) is 20.8 Å². The van der Waals surface area contributed by atoms with Gasteiger partial charge >= 0.3 is 0 Å². The highest BCUT2D eigenvalue weighted by Crippen LogP contribution is 2.17. The zero-order valence-corrected chi connectivity index (χ0v) is 12.3. The maximum atomic E-state index is 11.2. The highest BCUT2D eigenvalue weighted by molar-refractivity contribution is 6.05. The van der Waals surface area contributed by atoms with E-state index in [0.717, 1.165) is 5.56 Å². The Balaban J connectivity index is 0. The Hall–Kier alpha value is -1.97. The lowest BCUT2D eigenvalue weighted by atomic mass is 9.92. The SMILES string of the molecule is CC.CC(=O)C(C(C)=O)c1ccccc1.CC(N)=O. The molecule has 0 aliphatic rings.